The maximum Gasteiger partial charge on any atom is 0.248 e. The molecule has 3 heterocycles. The van der Waals surface area contributed by atoms with Gasteiger partial charge in [-0.15, -0.1) is 0 Å². The second-order valence-electron chi connectivity index (χ2n) is 9.96. The van der Waals surface area contributed by atoms with Gasteiger partial charge in [-0.25, -0.2) is 4.98 Å². The van der Waals surface area contributed by atoms with E-state index < -0.39 is 6.10 Å². The standard InChI is InChI=1S/C28H32N6O3/c1-16(35)24-25(19-8-11-21(12-9-19)32-28(37)17(2)36)33-27-22(15-31-34(27)26(24)29)20-10-13-23(30-14-20)18-6-4-3-5-7-18/h3-7,13-15,17,19-21,36H,8-12,29H2,1-2H3,(H,32,37)/t17-,19?,20?,21?/m1/s1. The van der Waals surface area contributed by atoms with Gasteiger partial charge in [0.2, 0.25) is 5.91 Å². The molecular weight excluding hydrogens is 468 g/mol. The molecule has 2 atom stereocenters. The molecule has 1 saturated carbocycles. The zero-order valence-corrected chi connectivity index (χ0v) is 21.1. The highest BCUT2D eigenvalue weighted by atomic mass is 16.3. The molecule has 3 aromatic rings. The fraction of sp³-hybridized carbons (Fsp3) is 0.393. The van der Waals surface area contributed by atoms with Crippen molar-refractivity contribution in [2.45, 2.75) is 69.9 Å². The van der Waals surface area contributed by atoms with Crippen molar-refractivity contribution in [3.63, 3.8) is 0 Å². The van der Waals surface area contributed by atoms with E-state index in [9.17, 15) is 14.7 Å². The molecule has 2 aromatic heterocycles. The number of amides is 1. The Bertz CT molecular complexity index is 1380. The number of carbonyl (C=O) groups is 2. The number of aliphatic hydroxyl groups is 1. The number of aromatic nitrogens is 3. The average Bonchev–Trinajstić information content (AvgIpc) is 3.34. The minimum atomic E-state index is -1.03. The maximum absolute atomic E-state index is 12.7. The number of nitrogen functional groups attached to an aromatic ring is 1. The van der Waals surface area contributed by atoms with Crippen molar-refractivity contribution in [1.29, 1.82) is 0 Å². The molecule has 5 rings (SSSR count). The number of allylic oxidation sites excluding steroid dienone is 1. The second-order valence-corrected chi connectivity index (χ2v) is 9.96. The van der Waals surface area contributed by atoms with Crippen LogP contribution in [0.3, 0.4) is 0 Å². The van der Waals surface area contributed by atoms with Crippen LogP contribution in [0.15, 0.2) is 47.6 Å². The Morgan fingerprint density at radius 2 is 1.89 bits per heavy atom. The van der Waals surface area contributed by atoms with Crippen LogP contribution in [0.1, 0.15) is 85.0 Å². The Hall–Kier alpha value is -3.85. The number of nitrogens with zero attached hydrogens (tertiary/aromatic N) is 4. The molecule has 192 valence electrons. The van der Waals surface area contributed by atoms with Gasteiger partial charge in [0.1, 0.15) is 11.9 Å². The summed E-state index contributed by atoms with van der Waals surface area (Å²) in [5, 5.41) is 16.9. The Morgan fingerprint density at radius 1 is 1.16 bits per heavy atom. The van der Waals surface area contributed by atoms with Gasteiger partial charge in [-0.1, -0.05) is 36.4 Å². The molecule has 4 N–H and O–H groups in total. The highest BCUT2D eigenvalue weighted by Gasteiger charge is 2.31. The molecule has 9 heteroatoms. The second kappa shape index (κ2) is 10.3. The van der Waals surface area contributed by atoms with Crippen LogP contribution in [0, 0.1) is 0 Å². The van der Waals surface area contributed by atoms with Gasteiger partial charge in [0.25, 0.3) is 0 Å². The first-order valence-electron chi connectivity index (χ1n) is 12.8. The van der Waals surface area contributed by atoms with Crippen LogP contribution in [-0.2, 0) is 4.79 Å². The predicted molar refractivity (Wildman–Crippen MR) is 142 cm³/mol. The molecule has 0 bridgehead atoms. The number of aliphatic imine (C=N–C) groups is 1. The molecule has 0 saturated heterocycles. The van der Waals surface area contributed by atoms with Gasteiger partial charge < -0.3 is 16.2 Å². The first-order valence-corrected chi connectivity index (χ1v) is 12.8. The average molecular weight is 501 g/mol. The Labute approximate surface area is 215 Å². The van der Waals surface area contributed by atoms with Crippen molar-refractivity contribution in [2.24, 2.45) is 4.99 Å². The number of nitrogens with two attached hydrogens (primary N) is 1. The third kappa shape index (κ3) is 4.91. The number of hydrogen-bond donors (Lipinski definition) is 3. The number of hydrogen-bond acceptors (Lipinski definition) is 7. The number of nitrogens with one attached hydrogen (secondary N) is 1. The summed E-state index contributed by atoms with van der Waals surface area (Å²) in [4.78, 5) is 34.3. The van der Waals surface area contributed by atoms with Crippen molar-refractivity contribution in [3.05, 3.63) is 65.0 Å². The summed E-state index contributed by atoms with van der Waals surface area (Å²) in [6.45, 7) is 2.96. The van der Waals surface area contributed by atoms with E-state index in [0.29, 0.717) is 22.7 Å². The topological polar surface area (TPSA) is 135 Å². The lowest BCUT2D eigenvalue weighted by Gasteiger charge is -2.30. The molecule has 37 heavy (non-hydrogen) atoms. The van der Waals surface area contributed by atoms with E-state index in [1.54, 1.807) is 10.7 Å². The third-order valence-corrected chi connectivity index (χ3v) is 7.36. The number of ketones is 1. The highest BCUT2D eigenvalue weighted by molar-refractivity contribution is 6.00. The quantitative estimate of drug-likeness (QED) is 0.442. The lowest BCUT2D eigenvalue weighted by atomic mass is 9.82. The SMILES string of the molecule is CC(=O)c1c(C2CCC(NC(=O)[C@@H](C)O)CC2)nc2c(C3C=NC(c4ccccc4)=CC3)cnn2c1N. The Kier molecular flexibility index (Phi) is 6.88. The fourth-order valence-corrected chi connectivity index (χ4v) is 5.33. The first kappa shape index (κ1) is 24.8. The van der Waals surface area contributed by atoms with E-state index in [0.717, 1.165) is 48.9 Å². The number of benzene rings is 1. The van der Waals surface area contributed by atoms with E-state index in [1.165, 1.54) is 13.8 Å². The Balaban J connectivity index is 1.42. The van der Waals surface area contributed by atoms with Crippen LogP contribution in [-0.4, -0.2) is 49.8 Å². The summed E-state index contributed by atoms with van der Waals surface area (Å²) >= 11 is 0. The molecule has 1 amide bonds. The molecule has 0 spiro atoms. The van der Waals surface area contributed by atoms with Gasteiger partial charge in [-0.2, -0.15) is 9.61 Å². The minimum absolute atomic E-state index is 0.000639. The van der Waals surface area contributed by atoms with Crippen molar-refractivity contribution in [2.75, 3.05) is 5.73 Å². The van der Waals surface area contributed by atoms with E-state index in [-0.39, 0.29) is 29.6 Å². The van der Waals surface area contributed by atoms with Crippen molar-refractivity contribution < 1.29 is 14.7 Å². The van der Waals surface area contributed by atoms with Gasteiger partial charge >= 0.3 is 0 Å². The van der Waals surface area contributed by atoms with Crippen LogP contribution in [0.25, 0.3) is 11.3 Å². The molecule has 1 aliphatic carbocycles. The highest BCUT2D eigenvalue weighted by Crippen LogP contribution is 2.37. The number of anilines is 1. The zero-order valence-electron chi connectivity index (χ0n) is 21.1. The van der Waals surface area contributed by atoms with Gasteiger partial charge in [0, 0.05) is 29.7 Å². The third-order valence-electron chi connectivity index (χ3n) is 7.36. The van der Waals surface area contributed by atoms with Gasteiger partial charge in [-0.05, 0) is 51.5 Å². The van der Waals surface area contributed by atoms with E-state index in [2.05, 4.69) is 16.5 Å². The summed E-state index contributed by atoms with van der Waals surface area (Å²) in [5.41, 5.74) is 11.2. The molecular formula is C28H32N6O3. The van der Waals surface area contributed by atoms with Crippen molar-refractivity contribution >= 4 is 35.1 Å². The van der Waals surface area contributed by atoms with Crippen molar-refractivity contribution in [3.8, 4) is 0 Å². The zero-order chi connectivity index (χ0) is 26.1. The fourth-order valence-electron chi connectivity index (χ4n) is 5.33. The molecule has 1 aliphatic heterocycles. The largest absolute Gasteiger partial charge is 0.384 e. The van der Waals surface area contributed by atoms with Crippen molar-refractivity contribution in [1.82, 2.24) is 19.9 Å². The van der Waals surface area contributed by atoms with Crippen LogP contribution in [0.2, 0.25) is 0 Å². The van der Waals surface area contributed by atoms with E-state index in [4.69, 9.17) is 15.7 Å². The minimum Gasteiger partial charge on any atom is -0.384 e. The lowest BCUT2D eigenvalue weighted by molar-refractivity contribution is -0.129. The molecule has 1 fully saturated rings. The number of rotatable bonds is 6. The van der Waals surface area contributed by atoms with Crippen LogP contribution < -0.4 is 11.1 Å². The molecule has 1 aromatic carbocycles. The van der Waals surface area contributed by atoms with E-state index in [1.807, 2.05) is 36.5 Å². The Morgan fingerprint density at radius 3 is 2.51 bits per heavy atom. The lowest BCUT2D eigenvalue weighted by Crippen LogP contribution is -2.42. The monoisotopic (exact) mass is 500 g/mol. The number of carbonyl (C=O) groups excluding carboxylic acids is 2. The molecule has 0 radical (unpaired) electrons. The summed E-state index contributed by atoms with van der Waals surface area (Å²) in [7, 11) is 0. The van der Waals surface area contributed by atoms with Crippen LogP contribution in [0.5, 0.6) is 0 Å². The normalized spacial score (nSPS) is 22.5. The smallest absolute Gasteiger partial charge is 0.248 e. The molecule has 1 unspecified atom stereocenters. The summed E-state index contributed by atoms with van der Waals surface area (Å²) in [6, 6.07) is 10.1. The summed E-state index contributed by atoms with van der Waals surface area (Å²) in [5.74, 6) is -0.161. The predicted octanol–water partition coefficient (Wildman–Crippen LogP) is 3.64. The summed E-state index contributed by atoms with van der Waals surface area (Å²) in [6.07, 6.45) is 8.54. The van der Waals surface area contributed by atoms with Gasteiger partial charge in [0.05, 0.1) is 23.2 Å². The molecule has 9 nitrogen and oxygen atoms in total. The van der Waals surface area contributed by atoms with Gasteiger partial charge in [0.15, 0.2) is 11.4 Å². The summed E-state index contributed by atoms with van der Waals surface area (Å²) < 4.78 is 1.56. The number of aliphatic hydroxyl groups excluding tert-OH is 1. The molecule has 2 aliphatic rings. The number of Topliss-reactive ketones (excluding diaryl/α,β-unsaturated/α-hetero) is 1. The van der Waals surface area contributed by atoms with Crippen LogP contribution >= 0.6 is 0 Å². The first-order chi connectivity index (χ1) is 17.8. The van der Waals surface area contributed by atoms with E-state index >= 15 is 0 Å². The van der Waals surface area contributed by atoms with Gasteiger partial charge in [-0.3, -0.25) is 14.6 Å². The maximum atomic E-state index is 12.7. The number of fused-ring (bicyclic) bond motifs is 1. The van der Waals surface area contributed by atoms with Crippen LogP contribution in [0.4, 0.5) is 5.82 Å².